The Bertz CT molecular complexity index is 981. The summed E-state index contributed by atoms with van der Waals surface area (Å²) in [5.41, 5.74) is 4.37. The van der Waals surface area contributed by atoms with Gasteiger partial charge in [0.1, 0.15) is 22.9 Å². The van der Waals surface area contributed by atoms with Crippen LogP contribution in [-0.4, -0.2) is 41.6 Å². The number of rotatable bonds is 6. The van der Waals surface area contributed by atoms with E-state index in [2.05, 4.69) is 20.7 Å². The third-order valence-corrected chi connectivity index (χ3v) is 3.81. The van der Waals surface area contributed by atoms with E-state index >= 15 is 0 Å². The minimum Gasteiger partial charge on any atom is -0.507 e. The minimum atomic E-state index is -0.465. The van der Waals surface area contributed by atoms with Crippen LogP contribution in [-0.2, 0) is 0 Å². The van der Waals surface area contributed by atoms with Gasteiger partial charge in [-0.3, -0.25) is 9.89 Å². The number of hydrogen-bond donors (Lipinski definition) is 3. The van der Waals surface area contributed by atoms with Gasteiger partial charge in [-0.15, -0.1) is 0 Å². The molecule has 0 spiro atoms. The lowest BCUT2D eigenvalue weighted by Gasteiger charge is -2.08. The fourth-order valence-corrected chi connectivity index (χ4v) is 2.40. The van der Waals surface area contributed by atoms with Crippen molar-refractivity contribution in [1.82, 2.24) is 15.6 Å². The van der Waals surface area contributed by atoms with Crippen LogP contribution < -0.4 is 14.9 Å². The molecule has 0 fully saturated rings. The summed E-state index contributed by atoms with van der Waals surface area (Å²) in [4.78, 5) is 12.2. The van der Waals surface area contributed by atoms with E-state index in [1.807, 2.05) is 0 Å². The topological polar surface area (TPSA) is 109 Å². The number of carbonyl (C=O) groups excluding carboxylic acids is 1. The van der Waals surface area contributed by atoms with E-state index in [1.54, 1.807) is 56.7 Å². The maximum atomic E-state index is 12.2. The average Bonchev–Trinajstić information content (AvgIpc) is 3.19. The van der Waals surface area contributed by atoms with Gasteiger partial charge in [0, 0.05) is 17.2 Å². The van der Waals surface area contributed by atoms with Crippen LogP contribution in [0, 0.1) is 0 Å². The molecule has 27 heavy (non-hydrogen) atoms. The number of aromatic hydroxyl groups is 1. The van der Waals surface area contributed by atoms with E-state index in [-0.39, 0.29) is 11.4 Å². The molecule has 8 heteroatoms. The number of ether oxygens (including phenoxy) is 2. The van der Waals surface area contributed by atoms with E-state index in [0.717, 1.165) is 0 Å². The lowest BCUT2D eigenvalue weighted by molar-refractivity contribution is 0.0950. The second-order valence-electron chi connectivity index (χ2n) is 5.49. The first-order chi connectivity index (χ1) is 13.1. The second kappa shape index (κ2) is 8.05. The molecule has 3 aromatic rings. The number of benzene rings is 2. The number of methoxy groups -OCH3 is 2. The predicted molar refractivity (Wildman–Crippen MR) is 100 cm³/mol. The lowest BCUT2D eigenvalue weighted by atomic mass is 10.1. The highest BCUT2D eigenvalue weighted by molar-refractivity contribution is 5.94. The molecule has 0 saturated carbocycles. The Labute approximate surface area is 155 Å². The van der Waals surface area contributed by atoms with Crippen molar-refractivity contribution in [3.05, 3.63) is 59.8 Å². The van der Waals surface area contributed by atoms with Crippen molar-refractivity contribution in [2.24, 2.45) is 5.10 Å². The quantitative estimate of drug-likeness (QED) is 0.459. The molecule has 0 saturated heterocycles. The number of aromatic amines is 1. The summed E-state index contributed by atoms with van der Waals surface area (Å²) in [5, 5.41) is 20.3. The zero-order chi connectivity index (χ0) is 19.2. The van der Waals surface area contributed by atoms with Crippen LogP contribution in [0.3, 0.4) is 0 Å². The number of nitrogens with one attached hydrogen (secondary N) is 2. The number of hydrazone groups is 1. The molecule has 3 rings (SSSR count). The molecule has 2 aromatic carbocycles. The Hall–Kier alpha value is -3.81. The molecule has 0 bridgehead atoms. The van der Waals surface area contributed by atoms with Crippen LogP contribution in [0.1, 0.15) is 16.1 Å². The van der Waals surface area contributed by atoms with Crippen molar-refractivity contribution >= 4 is 12.1 Å². The zero-order valence-corrected chi connectivity index (χ0v) is 14.8. The highest BCUT2D eigenvalue weighted by Gasteiger charge is 2.14. The lowest BCUT2D eigenvalue weighted by Crippen LogP contribution is -2.18. The third kappa shape index (κ3) is 4.06. The molecule has 0 aliphatic heterocycles. The molecular weight excluding hydrogens is 348 g/mol. The molecule has 0 radical (unpaired) electrons. The van der Waals surface area contributed by atoms with Gasteiger partial charge in [-0.1, -0.05) is 12.1 Å². The van der Waals surface area contributed by atoms with Crippen molar-refractivity contribution in [2.45, 2.75) is 0 Å². The number of nitrogens with zero attached hydrogens (tertiary/aromatic N) is 2. The first kappa shape index (κ1) is 18.0. The highest BCUT2D eigenvalue weighted by atomic mass is 16.5. The Kier molecular flexibility index (Phi) is 5.36. The molecule has 1 aromatic heterocycles. The van der Waals surface area contributed by atoms with Crippen LogP contribution in [0.5, 0.6) is 17.2 Å². The summed E-state index contributed by atoms with van der Waals surface area (Å²) in [7, 11) is 3.12. The molecule has 0 aliphatic rings. The number of amides is 1. The average molecular weight is 366 g/mol. The van der Waals surface area contributed by atoms with E-state index in [4.69, 9.17) is 9.47 Å². The highest BCUT2D eigenvalue weighted by Crippen LogP contribution is 2.32. The number of phenolic OH excluding ortho intramolecular Hbond substituents is 1. The Morgan fingerprint density at radius 3 is 2.74 bits per heavy atom. The van der Waals surface area contributed by atoms with Crippen molar-refractivity contribution in [1.29, 1.82) is 0 Å². The van der Waals surface area contributed by atoms with Crippen molar-refractivity contribution in [3.63, 3.8) is 0 Å². The standard InChI is InChI=1S/C19H18N4O4/c1-26-13-7-8-14(18(9-13)27-2)15-10-16(22-21-15)19(25)23-20-11-12-5-3-4-6-17(12)24/h3-11,24H,1-2H3,(H,21,22)(H,23,25). The predicted octanol–water partition coefficient (Wildman–Crippen LogP) is 2.56. The molecule has 1 heterocycles. The monoisotopic (exact) mass is 366 g/mol. The molecule has 8 nitrogen and oxygen atoms in total. The first-order valence-electron chi connectivity index (χ1n) is 8.01. The van der Waals surface area contributed by atoms with Gasteiger partial charge in [0.15, 0.2) is 0 Å². The van der Waals surface area contributed by atoms with Crippen molar-refractivity contribution in [2.75, 3.05) is 14.2 Å². The molecule has 138 valence electrons. The SMILES string of the molecule is COc1ccc(-c2cc(C(=O)NN=Cc3ccccc3O)[nH]n2)c(OC)c1. The molecule has 0 atom stereocenters. The number of H-pyrrole nitrogens is 1. The smallest absolute Gasteiger partial charge is 0.289 e. The minimum absolute atomic E-state index is 0.0749. The van der Waals surface area contributed by atoms with Crippen LogP contribution in [0.4, 0.5) is 0 Å². The van der Waals surface area contributed by atoms with Gasteiger partial charge in [0.2, 0.25) is 0 Å². The Balaban J connectivity index is 1.74. The van der Waals surface area contributed by atoms with Crippen molar-refractivity contribution in [3.8, 4) is 28.5 Å². The molecule has 1 amide bonds. The molecule has 0 aliphatic carbocycles. The van der Waals surface area contributed by atoms with E-state index in [9.17, 15) is 9.90 Å². The third-order valence-electron chi connectivity index (χ3n) is 3.81. The Morgan fingerprint density at radius 1 is 1.19 bits per heavy atom. The molecule has 3 N–H and O–H groups in total. The summed E-state index contributed by atoms with van der Waals surface area (Å²) < 4.78 is 10.5. The summed E-state index contributed by atoms with van der Waals surface area (Å²) in [6.45, 7) is 0. The number of aromatic nitrogens is 2. The van der Waals surface area contributed by atoms with Gasteiger partial charge in [-0.2, -0.15) is 10.2 Å². The summed E-state index contributed by atoms with van der Waals surface area (Å²) in [5.74, 6) is 0.840. The Morgan fingerprint density at radius 2 is 2.00 bits per heavy atom. The van der Waals surface area contributed by atoms with Crippen LogP contribution in [0.25, 0.3) is 11.3 Å². The molecular formula is C19H18N4O4. The van der Waals surface area contributed by atoms with E-state index in [1.165, 1.54) is 12.3 Å². The summed E-state index contributed by atoms with van der Waals surface area (Å²) >= 11 is 0. The largest absolute Gasteiger partial charge is 0.507 e. The number of para-hydroxylation sites is 1. The second-order valence-corrected chi connectivity index (χ2v) is 5.49. The summed E-state index contributed by atoms with van der Waals surface area (Å²) in [6, 6.07) is 13.6. The van der Waals surface area contributed by atoms with E-state index < -0.39 is 5.91 Å². The maximum Gasteiger partial charge on any atom is 0.289 e. The van der Waals surface area contributed by atoms with Gasteiger partial charge in [-0.05, 0) is 30.3 Å². The fourth-order valence-electron chi connectivity index (χ4n) is 2.40. The van der Waals surface area contributed by atoms with Gasteiger partial charge >= 0.3 is 0 Å². The van der Waals surface area contributed by atoms with Crippen LogP contribution in [0.2, 0.25) is 0 Å². The normalized spacial score (nSPS) is 10.7. The van der Waals surface area contributed by atoms with E-state index in [0.29, 0.717) is 28.3 Å². The molecule has 0 unspecified atom stereocenters. The number of phenols is 1. The van der Waals surface area contributed by atoms with Gasteiger partial charge in [0.25, 0.3) is 5.91 Å². The number of hydrogen-bond acceptors (Lipinski definition) is 6. The van der Waals surface area contributed by atoms with Crippen LogP contribution >= 0.6 is 0 Å². The summed E-state index contributed by atoms with van der Waals surface area (Å²) in [6.07, 6.45) is 1.36. The van der Waals surface area contributed by atoms with Crippen LogP contribution in [0.15, 0.2) is 53.6 Å². The zero-order valence-electron chi connectivity index (χ0n) is 14.8. The first-order valence-corrected chi connectivity index (χ1v) is 8.01. The maximum absolute atomic E-state index is 12.2. The van der Waals surface area contributed by atoms with Gasteiger partial charge in [0.05, 0.1) is 26.1 Å². The number of carbonyl (C=O) groups is 1. The van der Waals surface area contributed by atoms with Gasteiger partial charge in [-0.25, -0.2) is 5.43 Å². The fraction of sp³-hybridized carbons (Fsp3) is 0.105. The van der Waals surface area contributed by atoms with Crippen molar-refractivity contribution < 1.29 is 19.4 Å². The van der Waals surface area contributed by atoms with Gasteiger partial charge < -0.3 is 14.6 Å².